The SMILES string of the molecule is CC/C(=C/C=C(\C)N1C(=O)CC(N2CCCN(C)CC2)C1=O)C(C)CC. The molecule has 0 aromatic heterocycles. The highest BCUT2D eigenvalue weighted by Gasteiger charge is 2.42. The highest BCUT2D eigenvalue weighted by molar-refractivity contribution is 6.07. The average Bonchev–Trinajstić information content (AvgIpc) is 2.78. The average molecular weight is 362 g/mol. The number of carbonyl (C=O) groups is 2. The van der Waals surface area contributed by atoms with Crippen LogP contribution >= 0.6 is 0 Å². The van der Waals surface area contributed by atoms with E-state index in [9.17, 15) is 9.59 Å². The summed E-state index contributed by atoms with van der Waals surface area (Å²) in [7, 11) is 2.11. The molecule has 0 aliphatic carbocycles. The third kappa shape index (κ3) is 4.83. The van der Waals surface area contributed by atoms with Crippen LogP contribution < -0.4 is 0 Å². The van der Waals surface area contributed by atoms with Crippen molar-refractivity contribution in [1.82, 2.24) is 14.7 Å². The molecule has 5 nitrogen and oxygen atoms in total. The van der Waals surface area contributed by atoms with E-state index < -0.39 is 0 Å². The number of hydrogen-bond acceptors (Lipinski definition) is 4. The van der Waals surface area contributed by atoms with Gasteiger partial charge in [-0.05, 0) is 51.8 Å². The minimum atomic E-state index is -0.290. The van der Waals surface area contributed by atoms with Crippen LogP contribution in [-0.4, -0.2) is 65.8 Å². The Morgan fingerprint density at radius 3 is 2.54 bits per heavy atom. The second kappa shape index (κ2) is 9.47. The lowest BCUT2D eigenvalue weighted by Crippen LogP contribution is -2.43. The molecule has 2 atom stereocenters. The number of likely N-dealkylation sites (tertiary alicyclic amines) is 1. The highest BCUT2D eigenvalue weighted by Crippen LogP contribution is 2.24. The molecule has 2 fully saturated rings. The number of hydrogen-bond donors (Lipinski definition) is 0. The predicted molar refractivity (Wildman–Crippen MR) is 106 cm³/mol. The predicted octanol–water partition coefficient (Wildman–Crippen LogP) is 3.04. The largest absolute Gasteiger partial charge is 0.305 e. The molecule has 2 heterocycles. The zero-order chi connectivity index (χ0) is 19.3. The second-order valence-electron chi connectivity index (χ2n) is 7.69. The highest BCUT2D eigenvalue weighted by atomic mass is 16.2. The van der Waals surface area contributed by atoms with Gasteiger partial charge in [0.2, 0.25) is 5.91 Å². The van der Waals surface area contributed by atoms with Crippen molar-refractivity contribution in [2.75, 3.05) is 33.2 Å². The number of allylic oxidation sites excluding steroid dienone is 4. The molecule has 2 saturated heterocycles. The number of carbonyl (C=O) groups excluding carboxylic acids is 2. The second-order valence-corrected chi connectivity index (χ2v) is 7.69. The standard InChI is InChI=1S/C21H35N3O2/c1-6-16(3)18(7-2)10-9-17(4)24-20(25)15-19(21(24)26)23-12-8-11-22(5)13-14-23/h9-10,16,19H,6-8,11-15H2,1-5H3/b17-9+,18-10-. The summed E-state index contributed by atoms with van der Waals surface area (Å²) < 4.78 is 0. The van der Waals surface area contributed by atoms with E-state index in [0.29, 0.717) is 12.3 Å². The number of likely N-dealkylation sites (N-methyl/N-ethyl adjacent to an activating group) is 1. The van der Waals surface area contributed by atoms with E-state index in [2.05, 4.69) is 43.7 Å². The molecule has 0 saturated carbocycles. The van der Waals surface area contributed by atoms with Crippen LogP contribution in [0.5, 0.6) is 0 Å². The zero-order valence-corrected chi connectivity index (χ0v) is 17.1. The van der Waals surface area contributed by atoms with Crippen molar-refractivity contribution in [2.24, 2.45) is 5.92 Å². The van der Waals surface area contributed by atoms with Gasteiger partial charge in [0.05, 0.1) is 12.5 Å². The lowest BCUT2D eigenvalue weighted by molar-refractivity contribution is -0.137. The first-order valence-electron chi connectivity index (χ1n) is 10.1. The van der Waals surface area contributed by atoms with Gasteiger partial charge in [0.25, 0.3) is 5.91 Å². The molecular formula is C21H35N3O2. The smallest absolute Gasteiger partial charge is 0.251 e. The molecule has 26 heavy (non-hydrogen) atoms. The van der Waals surface area contributed by atoms with Crippen molar-refractivity contribution in [3.63, 3.8) is 0 Å². The molecule has 5 heteroatoms. The Balaban J connectivity index is 2.12. The van der Waals surface area contributed by atoms with Gasteiger partial charge < -0.3 is 4.90 Å². The Bertz CT molecular complexity index is 582. The normalized spacial score (nSPS) is 25.7. The Kier molecular flexibility index (Phi) is 7.59. The van der Waals surface area contributed by atoms with Gasteiger partial charge in [-0.15, -0.1) is 0 Å². The van der Waals surface area contributed by atoms with Crippen LogP contribution in [0.25, 0.3) is 0 Å². The van der Waals surface area contributed by atoms with E-state index >= 15 is 0 Å². The van der Waals surface area contributed by atoms with E-state index in [1.54, 1.807) is 0 Å². The Morgan fingerprint density at radius 1 is 1.15 bits per heavy atom. The molecule has 2 amide bonds. The molecule has 0 N–H and O–H groups in total. The Hall–Kier alpha value is -1.46. The summed E-state index contributed by atoms with van der Waals surface area (Å²) in [6.45, 7) is 12.2. The summed E-state index contributed by atoms with van der Waals surface area (Å²) in [5.74, 6) is 0.403. The molecule has 0 radical (unpaired) electrons. The maximum absolute atomic E-state index is 12.9. The Morgan fingerprint density at radius 2 is 1.88 bits per heavy atom. The maximum atomic E-state index is 12.9. The molecule has 2 rings (SSSR count). The van der Waals surface area contributed by atoms with Crippen LogP contribution in [0.15, 0.2) is 23.4 Å². The zero-order valence-electron chi connectivity index (χ0n) is 17.1. The summed E-state index contributed by atoms with van der Waals surface area (Å²) in [5, 5.41) is 0. The van der Waals surface area contributed by atoms with Gasteiger partial charge in [-0.2, -0.15) is 0 Å². The van der Waals surface area contributed by atoms with E-state index in [1.165, 1.54) is 10.5 Å². The molecule has 0 aromatic rings. The third-order valence-corrected chi connectivity index (χ3v) is 5.86. The number of imide groups is 1. The van der Waals surface area contributed by atoms with Crippen molar-refractivity contribution >= 4 is 11.8 Å². The molecule has 2 aliphatic heterocycles. The number of nitrogens with zero attached hydrogens (tertiary/aromatic N) is 3. The fourth-order valence-corrected chi connectivity index (χ4v) is 3.84. The molecule has 0 bridgehead atoms. The van der Waals surface area contributed by atoms with Crippen molar-refractivity contribution in [2.45, 2.75) is 59.4 Å². The lowest BCUT2D eigenvalue weighted by Gasteiger charge is -2.25. The molecule has 146 valence electrons. The molecule has 0 spiro atoms. The van der Waals surface area contributed by atoms with Crippen molar-refractivity contribution in [1.29, 1.82) is 0 Å². The molecular weight excluding hydrogens is 326 g/mol. The van der Waals surface area contributed by atoms with Crippen molar-refractivity contribution < 1.29 is 9.59 Å². The van der Waals surface area contributed by atoms with E-state index in [1.807, 2.05) is 13.0 Å². The van der Waals surface area contributed by atoms with Gasteiger partial charge in [-0.3, -0.25) is 19.4 Å². The van der Waals surface area contributed by atoms with Gasteiger partial charge in [0.15, 0.2) is 0 Å². The topological polar surface area (TPSA) is 43.9 Å². The van der Waals surface area contributed by atoms with Gasteiger partial charge in [-0.1, -0.05) is 32.4 Å². The summed E-state index contributed by atoms with van der Waals surface area (Å²) >= 11 is 0. The Labute approximate surface area is 158 Å². The van der Waals surface area contributed by atoms with Gasteiger partial charge in [0, 0.05) is 25.3 Å². The summed E-state index contributed by atoms with van der Waals surface area (Å²) in [6.07, 6.45) is 7.48. The first-order valence-corrected chi connectivity index (χ1v) is 10.1. The third-order valence-electron chi connectivity index (χ3n) is 5.86. The summed E-state index contributed by atoms with van der Waals surface area (Å²) in [6, 6.07) is -0.290. The fraction of sp³-hybridized carbons (Fsp3) is 0.714. The minimum Gasteiger partial charge on any atom is -0.305 e. The quantitative estimate of drug-likeness (QED) is 0.539. The van der Waals surface area contributed by atoms with Crippen molar-refractivity contribution in [3.8, 4) is 0 Å². The first-order chi connectivity index (χ1) is 12.4. The lowest BCUT2D eigenvalue weighted by atomic mass is 9.96. The van der Waals surface area contributed by atoms with Crippen LogP contribution in [0.2, 0.25) is 0 Å². The number of rotatable bonds is 6. The van der Waals surface area contributed by atoms with Gasteiger partial charge in [0.1, 0.15) is 0 Å². The molecule has 2 unspecified atom stereocenters. The molecule has 2 aliphatic rings. The van der Waals surface area contributed by atoms with E-state index in [0.717, 1.165) is 51.1 Å². The van der Waals surface area contributed by atoms with E-state index in [-0.39, 0.29) is 17.9 Å². The van der Waals surface area contributed by atoms with Crippen LogP contribution in [0.3, 0.4) is 0 Å². The van der Waals surface area contributed by atoms with E-state index in [4.69, 9.17) is 0 Å². The van der Waals surface area contributed by atoms with Crippen molar-refractivity contribution in [3.05, 3.63) is 23.4 Å². The van der Waals surface area contributed by atoms with Crippen LogP contribution in [-0.2, 0) is 9.59 Å². The molecule has 0 aromatic carbocycles. The number of amides is 2. The summed E-state index contributed by atoms with van der Waals surface area (Å²) in [4.78, 5) is 31.4. The van der Waals surface area contributed by atoms with Gasteiger partial charge in [-0.25, -0.2) is 0 Å². The maximum Gasteiger partial charge on any atom is 0.251 e. The van der Waals surface area contributed by atoms with Gasteiger partial charge >= 0.3 is 0 Å². The first kappa shape index (κ1) is 20.8. The van der Waals surface area contributed by atoms with Crippen LogP contribution in [0.4, 0.5) is 0 Å². The fourth-order valence-electron chi connectivity index (χ4n) is 3.84. The monoisotopic (exact) mass is 361 g/mol. The summed E-state index contributed by atoms with van der Waals surface area (Å²) in [5.41, 5.74) is 2.10. The van der Waals surface area contributed by atoms with Crippen LogP contribution in [0, 0.1) is 5.92 Å². The minimum absolute atomic E-state index is 0.0525. The van der Waals surface area contributed by atoms with Crippen LogP contribution in [0.1, 0.15) is 53.4 Å².